The number of anilines is 1. The van der Waals surface area contributed by atoms with Crippen molar-refractivity contribution < 1.29 is 36.2 Å². The molecule has 0 saturated carbocycles. The lowest BCUT2D eigenvalue weighted by Crippen LogP contribution is -2.15. The number of halogens is 6. The van der Waals surface area contributed by atoms with Gasteiger partial charge in [0.15, 0.2) is 5.57 Å². The summed E-state index contributed by atoms with van der Waals surface area (Å²) in [4.78, 5) is 12.1. The summed E-state index contributed by atoms with van der Waals surface area (Å²) in [5, 5.41) is 21.2. The van der Waals surface area contributed by atoms with Gasteiger partial charge in [0.2, 0.25) is 0 Å². The van der Waals surface area contributed by atoms with E-state index >= 15 is 0 Å². The van der Waals surface area contributed by atoms with E-state index in [0.717, 1.165) is 54.6 Å². The van der Waals surface area contributed by atoms with Crippen molar-refractivity contribution in [2.24, 2.45) is 0 Å². The maximum atomic E-state index is 12.5. The van der Waals surface area contributed by atoms with Crippen LogP contribution in [0.3, 0.4) is 0 Å². The highest BCUT2D eigenvalue weighted by Crippen LogP contribution is 2.30. The Morgan fingerprint density at radius 3 is 1.80 bits per heavy atom. The zero-order valence-electron chi connectivity index (χ0n) is 14.8. The van der Waals surface area contributed by atoms with Crippen molar-refractivity contribution in [3.63, 3.8) is 0 Å². The van der Waals surface area contributed by atoms with Crippen molar-refractivity contribution in [3.05, 3.63) is 82.6 Å². The van der Waals surface area contributed by atoms with E-state index in [9.17, 15) is 36.2 Å². The number of alkyl halides is 6. The zero-order valence-corrected chi connectivity index (χ0v) is 14.8. The average molecular weight is 426 g/mol. The van der Waals surface area contributed by atoms with Crippen LogP contribution in [0, 0.1) is 11.3 Å². The van der Waals surface area contributed by atoms with Crippen molar-refractivity contribution in [2.45, 2.75) is 12.4 Å². The van der Waals surface area contributed by atoms with Gasteiger partial charge in [-0.05, 0) is 48.0 Å². The molecule has 0 fully saturated rings. The maximum absolute atomic E-state index is 12.5. The smallest absolute Gasteiger partial charge is 0.416 e. The highest BCUT2D eigenvalue weighted by molar-refractivity contribution is 6.07. The number of carbonyl (C=O) groups excluding carboxylic acids is 1. The van der Waals surface area contributed by atoms with Crippen LogP contribution in [-0.2, 0) is 17.1 Å². The molecule has 0 aliphatic rings. The highest BCUT2D eigenvalue weighted by atomic mass is 19.4. The predicted octanol–water partition coefficient (Wildman–Crippen LogP) is 5.71. The number of rotatable bonds is 4. The summed E-state index contributed by atoms with van der Waals surface area (Å²) in [5.41, 5.74) is -2.32. The van der Waals surface area contributed by atoms with Crippen LogP contribution in [0.2, 0.25) is 0 Å². The summed E-state index contributed by atoms with van der Waals surface area (Å²) in [5.74, 6) is -1.85. The first kappa shape index (κ1) is 22.5. The number of amides is 1. The Morgan fingerprint density at radius 1 is 0.900 bits per heavy atom. The van der Waals surface area contributed by atoms with Crippen molar-refractivity contribution in [1.82, 2.24) is 0 Å². The second kappa shape index (κ2) is 8.73. The van der Waals surface area contributed by atoms with Crippen LogP contribution in [0.5, 0.6) is 0 Å². The summed E-state index contributed by atoms with van der Waals surface area (Å²) >= 11 is 0. The minimum atomic E-state index is -4.55. The van der Waals surface area contributed by atoms with E-state index in [1.165, 1.54) is 12.1 Å². The molecule has 0 radical (unpaired) electrons. The van der Waals surface area contributed by atoms with Gasteiger partial charge in [-0.1, -0.05) is 18.2 Å². The first-order chi connectivity index (χ1) is 13.9. The van der Waals surface area contributed by atoms with Crippen molar-refractivity contribution in [2.75, 3.05) is 5.32 Å². The SMILES string of the molecule is N#C/C(C(=O)Nc1ccc(C(F)(F)F)cc1)=C(O)\C=C\c1ccc(C(F)(F)F)cc1. The van der Waals surface area contributed by atoms with Gasteiger partial charge in [-0.15, -0.1) is 0 Å². The van der Waals surface area contributed by atoms with E-state index in [4.69, 9.17) is 5.26 Å². The Balaban J connectivity index is 2.15. The molecule has 0 aliphatic heterocycles. The third-order valence-electron chi connectivity index (χ3n) is 3.74. The van der Waals surface area contributed by atoms with Gasteiger partial charge >= 0.3 is 12.4 Å². The summed E-state index contributed by atoms with van der Waals surface area (Å²) in [6.45, 7) is 0. The van der Waals surface area contributed by atoms with Gasteiger partial charge in [-0.25, -0.2) is 0 Å². The zero-order chi connectivity index (χ0) is 22.5. The standard InChI is InChI=1S/C20H12F6N2O2/c21-19(22,23)13-4-1-12(2-5-13)3-10-17(29)16(11-27)18(30)28-15-8-6-14(7-9-15)20(24,25)26/h1-10,29H,(H,28,30)/b10-3+,17-16-. The van der Waals surface area contributed by atoms with Gasteiger partial charge in [0.05, 0.1) is 11.1 Å². The molecule has 10 heteroatoms. The second-order valence-corrected chi connectivity index (χ2v) is 5.85. The lowest BCUT2D eigenvalue weighted by molar-refractivity contribution is -0.138. The lowest BCUT2D eigenvalue weighted by Gasteiger charge is -2.08. The van der Waals surface area contributed by atoms with Crippen LogP contribution >= 0.6 is 0 Å². The van der Waals surface area contributed by atoms with E-state index in [1.807, 2.05) is 0 Å². The first-order valence-corrected chi connectivity index (χ1v) is 8.09. The summed E-state index contributed by atoms with van der Waals surface area (Å²) in [6.07, 6.45) is -6.94. The normalized spacial score (nSPS) is 13.0. The number of nitrogens with one attached hydrogen (secondary N) is 1. The largest absolute Gasteiger partial charge is 0.506 e. The molecule has 0 aliphatic carbocycles. The van der Waals surface area contributed by atoms with Gasteiger partial charge in [0.1, 0.15) is 11.8 Å². The van der Waals surface area contributed by atoms with Crippen LogP contribution in [-0.4, -0.2) is 11.0 Å². The molecule has 0 bridgehead atoms. The number of aliphatic hydroxyl groups excluding tert-OH is 1. The monoisotopic (exact) mass is 426 g/mol. The van der Waals surface area contributed by atoms with E-state index in [-0.39, 0.29) is 11.3 Å². The molecule has 2 aromatic carbocycles. The molecule has 0 saturated heterocycles. The van der Waals surface area contributed by atoms with Crippen LogP contribution in [0.4, 0.5) is 32.0 Å². The van der Waals surface area contributed by atoms with Crippen LogP contribution < -0.4 is 5.32 Å². The van der Waals surface area contributed by atoms with E-state index in [1.54, 1.807) is 0 Å². The van der Waals surface area contributed by atoms with Crippen LogP contribution in [0.15, 0.2) is 65.9 Å². The minimum absolute atomic E-state index is 0.0414. The Labute approximate surface area is 166 Å². The third kappa shape index (κ3) is 5.88. The van der Waals surface area contributed by atoms with Crippen LogP contribution in [0.1, 0.15) is 16.7 Å². The van der Waals surface area contributed by atoms with E-state index in [2.05, 4.69) is 5.32 Å². The molecule has 1 amide bonds. The Bertz CT molecular complexity index is 1010. The number of allylic oxidation sites excluding steroid dienone is 1. The summed E-state index contributed by atoms with van der Waals surface area (Å²) in [7, 11) is 0. The molecule has 2 rings (SSSR count). The lowest BCUT2D eigenvalue weighted by atomic mass is 10.1. The second-order valence-electron chi connectivity index (χ2n) is 5.85. The molecular formula is C20H12F6N2O2. The van der Waals surface area contributed by atoms with Crippen molar-refractivity contribution >= 4 is 17.7 Å². The number of aliphatic hydroxyl groups is 1. The number of nitrogens with zero attached hydrogens (tertiary/aromatic N) is 1. The molecule has 0 unspecified atom stereocenters. The Morgan fingerprint density at radius 2 is 1.37 bits per heavy atom. The van der Waals surface area contributed by atoms with Gasteiger partial charge < -0.3 is 10.4 Å². The fourth-order valence-corrected chi connectivity index (χ4v) is 2.20. The van der Waals surface area contributed by atoms with Gasteiger partial charge in [0, 0.05) is 5.69 Å². The van der Waals surface area contributed by atoms with Crippen molar-refractivity contribution in [3.8, 4) is 6.07 Å². The number of nitriles is 1. The highest BCUT2D eigenvalue weighted by Gasteiger charge is 2.30. The minimum Gasteiger partial charge on any atom is -0.506 e. The average Bonchev–Trinajstić information content (AvgIpc) is 2.66. The van der Waals surface area contributed by atoms with E-state index in [0.29, 0.717) is 0 Å². The molecule has 156 valence electrons. The van der Waals surface area contributed by atoms with E-state index < -0.39 is 40.7 Å². The number of carbonyl (C=O) groups is 1. The molecule has 0 spiro atoms. The van der Waals surface area contributed by atoms with Crippen molar-refractivity contribution in [1.29, 1.82) is 5.26 Å². The fraction of sp³-hybridized carbons (Fsp3) is 0.100. The molecule has 0 aromatic heterocycles. The Hall–Kier alpha value is -3.74. The number of hydrogen-bond donors (Lipinski definition) is 2. The first-order valence-electron chi connectivity index (χ1n) is 8.09. The summed E-state index contributed by atoms with van der Waals surface area (Å²) in [6, 6.07) is 8.77. The quantitative estimate of drug-likeness (QED) is 0.216. The van der Waals surface area contributed by atoms with Gasteiger partial charge in [-0.3, -0.25) is 4.79 Å². The molecule has 30 heavy (non-hydrogen) atoms. The molecule has 4 nitrogen and oxygen atoms in total. The number of hydrogen-bond acceptors (Lipinski definition) is 3. The molecule has 2 aromatic rings. The predicted molar refractivity (Wildman–Crippen MR) is 95.8 cm³/mol. The Kier molecular flexibility index (Phi) is 6.56. The topological polar surface area (TPSA) is 73.1 Å². The maximum Gasteiger partial charge on any atom is 0.416 e. The number of benzene rings is 2. The molecule has 0 heterocycles. The van der Waals surface area contributed by atoms with Gasteiger partial charge in [-0.2, -0.15) is 31.6 Å². The molecule has 2 N–H and O–H groups in total. The molecular weight excluding hydrogens is 414 g/mol. The fourth-order valence-electron chi connectivity index (χ4n) is 2.20. The molecule has 0 atom stereocenters. The van der Waals surface area contributed by atoms with Gasteiger partial charge in [0.25, 0.3) is 5.91 Å². The summed E-state index contributed by atoms with van der Waals surface area (Å²) < 4.78 is 75.2. The third-order valence-corrected chi connectivity index (χ3v) is 3.74. The van der Waals surface area contributed by atoms with Crippen LogP contribution in [0.25, 0.3) is 6.08 Å².